The molecule has 2 heterocycles. The number of likely N-dealkylation sites (tertiary alicyclic amines) is 2. The molecule has 0 aliphatic carbocycles. The second-order valence-electron chi connectivity index (χ2n) is 4.63. The van der Waals surface area contributed by atoms with E-state index in [0.29, 0.717) is 0 Å². The minimum Gasteiger partial charge on any atom is -0.453 e. The first-order valence-corrected chi connectivity index (χ1v) is 6.36. The average molecular weight is 236 g/mol. The molecule has 0 aromatic heterocycles. The largest absolute Gasteiger partial charge is 0.453 e. The minimum atomic E-state index is -0.247. The van der Waals surface area contributed by atoms with Gasteiger partial charge in [-0.15, -0.1) is 0 Å². The molecule has 0 spiro atoms. The summed E-state index contributed by atoms with van der Waals surface area (Å²) in [5, 5.41) is 0. The van der Waals surface area contributed by atoms with Gasteiger partial charge in [-0.1, -0.05) is 11.8 Å². The summed E-state index contributed by atoms with van der Waals surface area (Å²) in [6, 6.07) is 0.0602. The smallest absolute Gasteiger partial charge is 0.410 e. The summed E-state index contributed by atoms with van der Waals surface area (Å²) in [7, 11) is 1.43. The Bertz CT molecular complexity index is 326. The van der Waals surface area contributed by atoms with Gasteiger partial charge in [0.15, 0.2) is 0 Å². The molecule has 2 aliphatic heterocycles. The predicted octanol–water partition coefficient (Wildman–Crippen LogP) is 1.32. The van der Waals surface area contributed by atoms with E-state index in [9.17, 15) is 4.79 Å². The van der Waals surface area contributed by atoms with Crippen LogP contribution in [0.4, 0.5) is 4.79 Å². The summed E-state index contributed by atoms with van der Waals surface area (Å²) >= 11 is 0. The number of ether oxygens (including phenoxy) is 1. The van der Waals surface area contributed by atoms with Crippen molar-refractivity contribution in [1.29, 1.82) is 0 Å². The molecule has 1 atom stereocenters. The summed E-state index contributed by atoms with van der Waals surface area (Å²) in [5.74, 6) is 6.41. The van der Waals surface area contributed by atoms with Crippen molar-refractivity contribution in [2.75, 3.05) is 33.3 Å². The van der Waals surface area contributed by atoms with Crippen LogP contribution in [0.1, 0.15) is 25.7 Å². The van der Waals surface area contributed by atoms with Crippen molar-refractivity contribution in [3.63, 3.8) is 0 Å². The third kappa shape index (κ3) is 3.13. The fourth-order valence-corrected chi connectivity index (χ4v) is 2.47. The maximum absolute atomic E-state index is 11.5. The summed E-state index contributed by atoms with van der Waals surface area (Å²) in [5.41, 5.74) is 0. The van der Waals surface area contributed by atoms with Crippen molar-refractivity contribution >= 4 is 6.09 Å². The first-order chi connectivity index (χ1) is 8.31. The normalized spacial score (nSPS) is 24.5. The van der Waals surface area contributed by atoms with Gasteiger partial charge in [-0.2, -0.15) is 0 Å². The Hall–Kier alpha value is -1.21. The van der Waals surface area contributed by atoms with E-state index >= 15 is 0 Å². The van der Waals surface area contributed by atoms with Crippen LogP contribution in [-0.4, -0.2) is 55.2 Å². The van der Waals surface area contributed by atoms with Crippen LogP contribution in [-0.2, 0) is 4.74 Å². The van der Waals surface area contributed by atoms with Crippen LogP contribution < -0.4 is 0 Å². The van der Waals surface area contributed by atoms with Crippen molar-refractivity contribution in [2.45, 2.75) is 31.7 Å². The molecule has 0 unspecified atom stereocenters. The van der Waals surface area contributed by atoms with E-state index in [2.05, 4.69) is 16.7 Å². The van der Waals surface area contributed by atoms with Crippen LogP contribution in [0.25, 0.3) is 0 Å². The predicted molar refractivity (Wildman–Crippen MR) is 65.6 cm³/mol. The van der Waals surface area contributed by atoms with Gasteiger partial charge in [-0.25, -0.2) is 4.79 Å². The highest BCUT2D eigenvalue weighted by molar-refractivity contribution is 5.68. The molecule has 94 valence electrons. The van der Waals surface area contributed by atoms with Gasteiger partial charge >= 0.3 is 6.09 Å². The molecule has 0 aromatic rings. The lowest BCUT2D eigenvalue weighted by atomic mass is 10.2. The van der Waals surface area contributed by atoms with Crippen molar-refractivity contribution in [2.24, 2.45) is 0 Å². The lowest BCUT2D eigenvalue weighted by Gasteiger charge is -2.18. The van der Waals surface area contributed by atoms with E-state index in [4.69, 9.17) is 4.74 Å². The van der Waals surface area contributed by atoms with Crippen molar-refractivity contribution < 1.29 is 9.53 Å². The van der Waals surface area contributed by atoms with Gasteiger partial charge in [0.1, 0.15) is 0 Å². The number of nitrogens with zero attached hydrogens (tertiary/aromatic N) is 2. The monoisotopic (exact) mass is 236 g/mol. The van der Waals surface area contributed by atoms with Crippen molar-refractivity contribution in [3.8, 4) is 11.8 Å². The molecule has 4 heteroatoms. The highest BCUT2D eigenvalue weighted by atomic mass is 16.5. The fourth-order valence-electron chi connectivity index (χ4n) is 2.47. The number of carbonyl (C=O) groups is 1. The van der Waals surface area contributed by atoms with Crippen LogP contribution >= 0.6 is 0 Å². The Labute approximate surface area is 103 Å². The summed E-state index contributed by atoms with van der Waals surface area (Å²) in [6.45, 7) is 3.95. The molecule has 0 saturated carbocycles. The second-order valence-corrected chi connectivity index (χ2v) is 4.63. The Morgan fingerprint density at radius 3 is 2.76 bits per heavy atom. The highest BCUT2D eigenvalue weighted by Gasteiger charge is 2.27. The molecular weight excluding hydrogens is 216 g/mol. The molecule has 17 heavy (non-hydrogen) atoms. The summed E-state index contributed by atoms with van der Waals surface area (Å²) in [6.07, 6.45) is 4.34. The van der Waals surface area contributed by atoms with Gasteiger partial charge < -0.3 is 4.74 Å². The van der Waals surface area contributed by atoms with Gasteiger partial charge in [0.2, 0.25) is 0 Å². The van der Waals surface area contributed by atoms with Crippen LogP contribution in [0.15, 0.2) is 0 Å². The van der Waals surface area contributed by atoms with Crippen LogP contribution in [0.5, 0.6) is 0 Å². The number of hydrogen-bond acceptors (Lipinski definition) is 3. The molecule has 0 N–H and O–H groups in total. The zero-order valence-corrected chi connectivity index (χ0v) is 10.4. The molecular formula is C13H20N2O2. The summed E-state index contributed by atoms with van der Waals surface area (Å²) in [4.78, 5) is 15.6. The molecule has 2 fully saturated rings. The van der Waals surface area contributed by atoms with Crippen LogP contribution in [0.3, 0.4) is 0 Å². The van der Waals surface area contributed by atoms with E-state index in [1.54, 1.807) is 4.90 Å². The molecule has 2 aliphatic rings. The van der Waals surface area contributed by atoms with Crippen LogP contribution in [0, 0.1) is 11.8 Å². The van der Waals surface area contributed by atoms with Crippen LogP contribution in [0.2, 0.25) is 0 Å². The lowest BCUT2D eigenvalue weighted by molar-refractivity contribution is 0.126. The first kappa shape index (κ1) is 12.3. The van der Waals surface area contributed by atoms with Gasteiger partial charge in [-0.3, -0.25) is 9.80 Å². The Morgan fingerprint density at radius 2 is 2.06 bits per heavy atom. The van der Waals surface area contributed by atoms with Gasteiger partial charge in [0.25, 0.3) is 0 Å². The van der Waals surface area contributed by atoms with E-state index in [-0.39, 0.29) is 12.1 Å². The molecule has 1 amide bonds. The molecule has 0 radical (unpaired) electrons. The van der Waals surface area contributed by atoms with Gasteiger partial charge in [0.05, 0.1) is 19.7 Å². The Balaban J connectivity index is 1.84. The average Bonchev–Trinajstić information content (AvgIpc) is 2.99. The van der Waals surface area contributed by atoms with E-state index in [1.807, 2.05) is 0 Å². The van der Waals surface area contributed by atoms with Crippen molar-refractivity contribution in [1.82, 2.24) is 9.80 Å². The van der Waals surface area contributed by atoms with Gasteiger partial charge in [0, 0.05) is 6.54 Å². The molecule has 2 rings (SSSR count). The topological polar surface area (TPSA) is 32.8 Å². The summed E-state index contributed by atoms with van der Waals surface area (Å²) < 4.78 is 4.75. The van der Waals surface area contributed by atoms with E-state index < -0.39 is 0 Å². The number of hydrogen-bond donors (Lipinski definition) is 0. The number of amides is 1. The standard InChI is InChI=1S/C13H20N2O2/c1-17-13(16)15-11-5-7-12(15)6-4-10-14-8-2-3-9-14/h12H,2-3,5,7-11H2,1H3/t12-/m0/s1. The van der Waals surface area contributed by atoms with E-state index in [1.165, 1.54) is 33.0 Å². The molecule has 0 aromatic carbocycles. The third-order valence-corrected chi connectivity index (χ3v) is 3.43. The zero-order chi connectivity index (χ0) is 12.1. The number of carbonyl (C=O) groups excluding carboxylic acids is 1. The fraction of sp³-hybridized carbons (Fsp3) is 0.769. The molecule has 4 nitrogen and oxygen atoms in total. The quantitative estimate of drug-likeness (QED) is 0.644. The SMILES string of the molecule is COC(=O)N1CCC[C@@H]1C#CCN1CCCC1. The maximum atomic E-state index is 11.5. The Kier molecular flexibility index (Phi) is 4.27. The van der Waals surface area contributed by atoms with Crippen molar-refractivity contribution in [3.05, 3.63) is 0 Å². The molecule has 2 saturated heterocycles. The lowest BCUT2D eigenvalue weighted by Crippen LogP contribution is -2.34. The maximum Gasteiger partial charge on any atom is 0.410 e. The number of rotatable bonds is 1. The molecule has 0 bridgehead atoms. The van der Waals surface area contributed by atoms with Gasteiger partial charge in [-0.05, 0) is 38.8 Å². The Morgan fingerprint density at radius 1 is 1.29 bits per heavy atom. The van der Waals surface area contributed by atoms with E-state index in [0.717, 1.165) is 25.9 Å². The minimum absolute atomic E-state index is 0.0602. The second kappa shape index (κ2) is 5.92. The number of methoxy groups -OCH3 is 1. The zero-order valence-electron chi connectivity index (χ0n) is 10.4. The first-order valence-electron chi connectivity index (χ1n) is 6.36. The highest BCUT2D eigenvalue weighted by Crippen LogP contribution is 2.17. The third-order valence-electron chi connectivity index (χ3n) is 3.43.